The lowest BCUT2D eigenvalue weighted by Crippen LogP contribution is -2.31. The van der Waals surface area contributed by atoms with Crippen LogP contribution in [-0.4, -0.2) is 49.8 Å². The van der Waals surface area contributed by atoms with Gasteiger partial charge >= 0.3 is 0 Å². The Morgan fingerprint density at radius 1 is 1.12 bits per heavy atom. The molecule has 0 radical (unpaired) electrons. The van der Waals surface area contributed by atoms with E-state index in [4.69, 9.17) is 0 Å². The van der Waals surface area contributed by atoms with Crippen LogP contribution in [0.3, 0.4) is 0 Å². The number of carbonyl (C=O) groups excluding carboxylic acids is 1. The molecule has 1 aromatic heterocycles. The second-order valence-electron chi connectivity index (χ2n) is 5.12. The molecule has 25 heavy (non-hydrogen) atoms. The Kier molecular flexibility index (Phi) is 4.89. The van der Waals surface area contributed by atoms with Gasteiger partial charge in [-0.3, -0.25) is 14.5 Å². The summed E-state index contributed by atoms with van der Waals surface area (Å²) in [7, 11) is -3.59. The number of anilines is 1. The van der Waals surface area contributed by atoms with Crippen LogP contribution in [0.15, 0.2) is 52.6 Å². The van der Waals surface area contributed by atoms with Gasteiger partial charge in [-0.25, -0.2) is 18.4 Å². The first-order chi connectivity index (χ1) is 12.1. The smallest absolute Gasteiger partial charge is 0.263 e. The van der Waals surface area contributed by atoms with Crippen molar-refractivity contribution in [1.29, 1.82) is 0 Å². The fourth-order valence-electron chi connectivity index (χ4n) is 2.22. The summed E-state index contributed by atoms with van der Waals surface area (Å²) in [6.45, 7) is 0.653. The second-order valence-corrected chi connectivity index (χ2v) is 6.77. The molecular weight excluding hydrogens is 344 g/mol. The third-order valence-electron chi connectivity index (χ3n) is 3.34. The number of fused-ring (bicyclic) bond motifs is 1. The molecule has 0 fully saturated rings. The fourth-order valence-corrected chi connectivity index (χ4v) is 3.48. The Bertz CT molecular complexity index is 898. The number of nitrogens with zero attached hydrogens (tertiary/aromatic N) is 3. The van der Waals surface area contributed by atoms with E-state index in [1.54, 1.807) is 36.7 Å². The topological polar surface area (TPSA) is 125 Å². The van der Waals surface area contributed by atoms with E-state index in [9.17, 15) is 13.2 Å². The third kappa shape index (κ3) is 4.10. The Morgan fingerprint density at radius 3 is 2.68 bits per heavy atom. The van der Waals surface area contributed by atoms with E-state index in [0.717, 1.165) is 0 Å². The van der Waals surface area contributed by atoms with Gasteiger partial charge in [0, 0.05) is 31.0 Å². The monoisotopic (exact) mass is 360 g/mol. The van der Waals surface area contributed by atoms with E-state index in [1.807, 2.05) is 0 Å². The number of hydrogen-bond donors (Lipinski definition) is 3. The van der Waals surface area contributed by atoms with Crippen molar-refractivity contribution in [2.45, 2.75) is 4.90 Å². The van der Waals surface area contributed by atoms with Crippen LogP contribution in [0.5, 0.6) is 0 Å². The maximum absolute atomic E-state index is 11.9. The summed E-state index contributed by atoms with van der Waals surface area (Å²) in [5.41, 5.74) is 0.471. The molecule has 2 aromatic rings. The van der Waals surface area contributed by atoms with Crippen molar-refractivity contribution in [1.82, 2.24) is 20.0 Å². The second kappa shape index (κ2) is 7.26. The zero-order valence-electron chi connectivity index (χ0n) is 13.1. The van der Waals surface area contributed by atoms with Gasteiger partial charge in [-0.15, -0.1) is 0 Å². The summed E-state index contributed by atoms with van der Waals surface area (Å²) in [6.07, 6.45) is 3.23. The van der Waals surface area contributed by atoms with Crippen molar-refractivity contribution in [3.8, 4) is 0 Å². The van der Waals surface area contributed by atoms with Crippen LogP contribution >= 0.6 is 0 Å². The maximum atomic E-state index is 11.9. The van der Waals surface area contributed by atoms with Gasteiger partial charge in [-0.1, -0.05) is 12.1 Å². The normalized spacial score (nSPS) is 16.1. The highest BCUT2D eigenvalue weighted by molar-refractivity contribution is 7.90. The summed E-state index contributed by atoms with van der Waals surface area (Å²) in [5, 5.41) is 5.64. The van der Waals surface area contributed by atoms with Gasteiger partial charge in [0.05, 0.1) is 4.90 Å². The summed E-state index contributed by atoms with van der Waals surface area (Å²) >= 11 is 0. The third-order valence-corrected chi connectivity index (χ3v) is 4.74. The molecule has 0 bridgehead atoms. The molecule has 130 valence electrons. The summed E-state index contributed by atoms with van der Waals surface area (Å²) < 4.78 is 26.2. The van der Waals surface area contributed by atoms with Gasteiger partial charge in [0.1, 0.15) is 12.4 Å². The van der Waals surface area contributed by atoms with E-state index in [0.29, 0.717) is 24.6 Å². The lowest BCUT2D eigenvalue weighted by Gasteiger charge is -2.05. The molecule has 0 unspecified atom stereocenters. The van der Waals surface area contributed by atoms with Crippen LogP contribution in [-0.2, 0) is 14.8 Å². The van der Waals surface area contributed by atoms with Crippen molar-refractivity contribution in [2.75, 3.05) is 25.0 Å². The SMILES string of the molecule is O=C(CN=C1NS(=O)(=O)c2ccccc21)NCCNc1ncccn1. The number of rotatable bonds is 6. The highest BCUT2D eigenvalue weighted by atomic mass is 32.2. The number of hydrogen-bond acceptors (Lipinski definition) is 7. The molecule has 3 rings (SSSR count). The maximum Gasteiger partial charge on any atom is 0.263 e. The van der Waals surface area contributed by atoms with Crippen molar-refractivity contribution in [3.05, 3.63) is 48.3 Å². The number of amides is 1. The molecule has 0 aliphatic carbocycles. The van der Waals surface area contributed by atoms with Crippen LogP contribution in [0, 0.1) is 0 Å². The first-order valence-electron chi connectivity index (χ1n) is 7.50. The van der Waals surface area contributed by atoms with Crippen molar-refractivity contribution < 1.29 is 13.2 Å². The number of amidine groups is 1. The Labute approximate surface area is 144 Å². The number of aliphatic imine (C=N–C) groups is 1. The van der Waals surface area contributed by atoms with Gasteiger partial charge in [0.2, 0.25) is 11.9 Å². The predicted octanol–water partition coefficient (Wildman–Crippen LogP) is -0.257. The van der Waals surface area contributed by atoms with Crippen molar-refractivity contribution >= 4 is 27.7 Å². The Balaban J connectivity index is 1.50. The molecule has 1 aliphatic rings. The molecule has 1 amide bonds. The fraction of sp³-hybridized carbons (Fsp3) is 0.200. The molecule has 2 heterocycles. The molecule has 0 saturated carbocycles. The summed E-state index contributed by atoms with van der Waals surface area (Å²) in [6, 6.07) is 8.21. The van der Waals surface area contributed by atoms with Gasteiger partial charge in [0.25, 0.3) is 10.0 Å². The van der Waals surface area contributed by atoms with E-state index in [1.165, 1.54) is 6.07 Å². The van der Waals surface area contributed by atoms with Gasteiger partial charge in [-0.05, 0) is 18.2 Å². The molecule has 0 saturated heterocycles. The first-order valence-corrected chi connectivity index (χ1v) is 8.99. The number of benzene rings is 1. The lowest BCUT2D eigenvalue weighted by atomic mass is 10.2. The van der Waals surface area contributed by atoms with Crippen LogP contribution in [0.2, 0.25) is 0 Å². The minimum Gasteiger partial charge on any atom is -0.353 e. The van der Waals surface area contributed by atoms with E-state index >= 15 is 0 Å². The highest BCUT2D eigenvalue weighted by Crippen LogP contribution is 2.21. The Morgan fingerprint density at radius 2 is 1.88 bits per heavy atom. The van der Waals surface area contributed by atoms with E-state index in [2.05, 4.69) is 30.3 Å². The quantitative estimate of drug-likeness (QED) is 0.610. The molecule has 1 aliphatic heterocycles. The largest absolute Gasteiger partial charge is 0.353 e. The van der Waals surface area contributed by atoms with Gasteiger partial charge < -0.3 is 10.6 Å². The number of aromatic nitrogens is 2. The predicted molar refractivity (Wildman–Crippen MR) is 91.7 cm³/mol. The highest BCUT2D eigenvalue weighted by Gasteiger charge is 2.30. The van der Waals surface area contributed by atoms with Crippen LogP contribution in [0.25, 0.3) is 0 Å². The summed E-state index contributed by atoms with van der Waals surface area (Å²) in [4.78, 5) is 24.1. The molecule has 9 nitrogen and oxygen atoms in total. The van der Waals surface area contributed by atoms with E-state index < -0.39 is 10.0 Å². The van der Waals surface area contributed by atoms with Gasteiger partial charge in [0.15, 0.2) is 0 Å². The lowest BCUT2D eigenvalue weighted by molar-refractivity contribution is -0.119. The average Bonchev–Trinajstić information content (AvgIpc) is 2.89. The van der Waals surface area contributed by atoms with Crippen molar-refractivity contribution in [3.63, 3.8) is 0 Å². The van der Waals surface area contributed by atoms with Gasteiger partial charge in [-0.2, -0.15) is 0 Å². The number of nitrogens with one attached hydrogen (secondary N) is 3. The number of carbonyl (C=O) groups is 1. The molecule has 3 N–H and O–H groups in total. The summed E-state index contributed by atoms with van der Waals surface area (Å²) in [5.74, 6) is 0.349. The van der Waals surface area contributed by atoms with Crippen LogP contribution < -0.4 is 15.4 Å². The minimum absolute atomic E-state index is 0.168. The zero-order valence-corrected chi connectivity index (χ0v) is 14.0. The van der Waals surface area contributed by atoms with Crippen LogP contribution in [0.4, 0.5) is 5.95 Å². The van der Waals surface area contributed by atoms with Crippen LogP contribution in [0.1, 0.15) is 5.56 Å². The average molecular weight is 360 g/mol. The molecular formula is C15H16N6O3S. The Hall–Kier alpha value is -3.01. The first kappa shape index (κ1) is 16.8. The van der Waals surface area contributed by atoms with Crippen molar-refractivity contribution in [2.24, 2.45) is 4.99 Å². The number of sulfonamides is 1. The molecule has 1 aromatic carbocycles. The molecule has 0 atom stereocenters. The minimum atomic E-state index is -3.59. The molecule has 0 spiro atoms. The zero-order chi connectivity index (χ0) is 17.7. The molecule has 10 heteroatoms. The van der Waals surface area contributed by atoms with E-state index in [-0.39, 0.29) is 23.2 Å². The standard InChI is InChI=1S/C15H16N6O3S/c22-13(16-8-9-19-15-17-6-3-7-18-15)10-20-14-11-4-1-2-5-12(11)25(23,24)21-14/h1-7H,8-10H2,(H,16,22)(H,20,21)(H,17,18,19).